The molecule has 2 unspecified atom stereocenters. The van der Waals surface area contributed by atoms with Crippen LogP contribution < -0.4 is 21.1 Å². The van der Waals surface area contributed by atoms with Crippen LogP contribution in [0, 0.1) is 0 Å². The topological polar surface area (TPSA) is 183 Å². The summed E-state index contributed by atoms with van der Waals surface area (Å²) in [4.78, 5) is 50.1. The number of hydrogen-bond acceptors (Lipinski definition) is 9. The number of rotatable bonds is 11. The molecule has 2 rings (SSSR count). The van der Waals surface area contributed by atoms with Gasteiger partial charge < -0.3 is 25.8 Å². The van der Waals surface area contributed by atoms with E-state index in [9.17, 15) is 27.6 Å². The standard InChI is InChI=1S/C25H32N4O8S/c1-25(2,3)37-24(33)28-15-14-27-22(31)18-13-9-8-12-17(18)21(30)19(26)20(23(32)36-4)29-38(34,35)16-10-6-5-7-11-16/h5-13,19-20,29H,14-15,26H2,1-4H3,(H,27,31)(H,28,33). The molecule has 2 aromatic carbocycles. The average molecular weight is 549 g/mol. The van der Waals surface area contributed by atoms with Gasteiger partial charge in [0.05, 0.1) is 23.6 Å². The summed E-state index contributed by atoms with van der Waals surface area (Å²) in [6, 6.07) is 9.43. The van der Waals surface area contributed by atoms with Crippen molar-refractivity contribution in [1.29, 1.82) is 0 Å². The van der Waals surface area contributed by atoms with Crippen LogP contribution in [0.25, 0.3) is 0 Å². The third-order valence-electron chi connectivity index (χ3n) is 4.97. The van der Waals surface area contributed by atoms with Crippen LogP contribution in [0.2, 0.25) is 0 Å². The molecule has 0 bridgehead atoms. The van der Waals surface area contributed by atoms with E-state index in [1.54, 1.807) is 26.8 Å². The Morgan fingerprint density at radius 1 is 0.895 bits per heavy atom. The largest absolute Gasteiger partial charge is 0.468 e. The fourth-order valence-electron chi connectivity index (χ4n) is 3.21. The van der Waals surface area contributed by atoms with Gasteiger partial charge in [0, 0.05) is 18.7 Å². The van der Waals surface area contributed by atoms with E-state index in [-0.39, 0.29) is 29.1 Å². The van der Waals surface area contributed by atoms with Crippen molar-refractivity contribution < 1.29 is 37.1 Å². The molecule has 0 aliphatic rings. The zero-order valence-corrected chi connectivity index (χ0v) is 22.3. The van der Waals surface area contributed by atoms with Gasteiger partial charge in [0.15, 0.2) is 5.78 Å². The number of nitrogens with one attached hydrogen (secondary N) is 3. The van der Waals surface area contributed by atoms with Crippen LogP contribution in [0.15, 0.2) is 59.5 Å². The summed E-state index contributed by atoms with van der Waals surface area (Å²) in [6.07, 6.45) is -0.653. The van der Waals surface area contributed by atoms with E-state index in [0.717, 1.165) is 7.11 Å². The number of carbonyl (C=O) groups is 4. The summed E-state index contributed by atoms with van der Waals surface area (Å²) < 4.78 is 37.5. The molecule has 2 amide bonds. The van der Waals surface area contributed by atoms with E-state index < -0.39 is 51.5 Å². The molecular formula is C25H32N4O8S. The van der Waals surface area contributed by atoms with Crippen molar-refractivity contribution in [3.8, 4) is 0 Å². The first-order valence-electron chi connectivity index (χ1n) is 11.6. The summed E-state index contributed by atoms with van der Waals surface area (Å²) >= 11 is 0. The summed E-state index contributed by atoms with van der Waals surface area (Å²) in [7, 11) is -3.22. The third-order valence-corrected chi connectivity index (χ3v) is 6.43. The van der Waals surface area contributed by atoms with Crippen LogP contribution >= 0.6 is 0 Å². The van der Waals surface area contributed by atoms with Gasteiger partial charge in [-0.3, -0.25) is 14.4 Å². The molecule has 2 atom stereocenters. The van der Waals surface area contributed by atoms with Crippen LogP contribution in [0.4, 0.5) is 4.79 Å². The molecule has 0 spiro atoms. The molecule has 5 N–H and O–H groups in total. The van der Waals surface area contributed by atoms with Gasteiger partial charge in [0.25, 0.3) is 5.91 Å². The first-order chi connectivity index (χ1) is 17.8. The van der Waals surface area contributed by atoms with Crippen molar-refractivity contribution >= 4 is 33.8 Å². The Labute approximate surface area is 221 Å². The number of Topliss-reactive ketones (excluding diaryl/α,β-unsaturated/α-hetero) is 1. The monoisotopic (exact) mass is 548 g/mol. The minimum Gasteiger partial charge on any atom is -0.468 e. The van der Waals surface area contributed by atoms with Crippen LogP contribution in [-0.4, -0.2) is 70.1 Å². The van der Waals surface area contributed by atoms with Gasteiger partial charge in [-0.1, -0.05) is 36.4 Å². The minimum atomic E-state index is -4.24. The number of amides is 2. The molecule has 206 valence electrons. The van der Waals surface area contributed by atoms with Crippen LogP contribution in [-0.2, 0) is 24.3 Å². The van der Waals surface area contributed by atoms with Gasteiger partial charge in [-0.2, -0.15) is 4.72 Å². The molecule has 0 radical (unpaired) electrons. The Hall–Kier alpha value is -3.81. The molecular weight excluding hydrogens is 516 g/mol. The number of hydrogen-bond donors (Lipinski definition) is 4. The number of ether oxygens (including phenoxy) is 2. The summed E-state index contributed by atoms with van der Waals surface area (Å²) in [5, 5.41) is 5.06. The van der Waals surface area contributed by atoms with E-state index in [2.05, 4.69) is 20.1 Å². The highest BCUT2D eigenvalue weighted by Crippen LogP contribution is 2.15. The molecule has 12 nitrogen and oxygen atoms in total. The molecule has 2 aromatic rings. The van der Waals surface area contributed by atoms with Gasteiger partial charge >= 0.3 is 12.1 Å². The zero-order chi connectivity index (χ0) is 28.5. The van der Waals surface area contributed by atoms with Crippen LogP contribution in [0.3, 0.4) is 0 Å². The van der Waals surface area contributed by atoms with Gasteiger partial charge in [-0.05, 0) is 39.0 Å². The molecule has 0 aliphatic carbocycles. The first kappa shape index (κ1) is 30.4. The fraction of sp³-hybridized carbons (Fsp3) is 0.360. The summed E-state index contributed by atoms with van der Waals surface area (Å²) in [5.41, 5.74) is 5.19. The second kappa shape index (κ2) is 13.1. The smallest absolute Gasteiger partial charge is 0.407 e. The number of nitrogens with two attached hydrogens (primary N) is 1. The number of esters is 1. The molecule has 13 heteroatoms. The Bertz CT molecular complexity index is 1260. The summed E-state index contributed by atoms with van der Waals surface area (Å²) in [5.74, 6) is -2.60. The van der Waals surface area contributed by atoms with E-state index in [4.69, 9.17) is 10.5 Å². The molecule has 0 saturated carbocycles. The average Bonchev–Trinajstić information content (AvgIpc) is 2.88. The van der Waals surface area contributed by atoms with Crippen molar-refractivity contribution in [3.05, 3.63) is 65.7 Å². The Morgan fingerprint density at radius 2 is 1.45 bits per heavy atom. The molecule has 38 heavy (non-hydrogen) atoms. The minimum absolute atomic E-state index is 0.0221. The Morgan fingerprint density at radius 3 is 2.03 bits per heavy atom. The summed E-state index contributed by atoms with van der Waals surface area (Å²) in [6.45, 7) is 5.22. The maximum Gasteiger partial charge on any atom is 0.407 e. The highest BCUT2D eigenvalue weighted by atomic mass is 32.2. The third kappa shape index (κ3) is 8.64. The quantitative estimate of drug-likeness (QED) is 0.181. The van der Waals surface area contributed by atoms with Gasteiger partial charge in [-0.15, -0.1) is 0 Å². The van der Waals surface area contributed by atoms with Crippen molar-refractivity contribution in [2.75, 3.05) is 20.2 Å². The first-order valence-corrected chi connectivity index (χ1v) is 13.0. The van der Waals surface area contributed by atoms with Crippen molar-refractivity contribution in [1.82, 2.24) is 15.4 Å². The fourth-order valence-corrected chi connectivity index (χ4v) is 4.44. The maximum absolute atomic E-state index is 13.3. The van der Waals surface area contributed by atoms with E-state index in [1.165, 1.54) is 48.5 Å². The van der Waals surface area contributed by atoms with Crippen molar-refractivity contribution in [2.24, 2.45) is 5.73 Å². The maximum atomic E-state index is 13.3. The van der Waals surface area contributed by atoms with Crippen LogP contribution in [0.1, 0.15) is 41.5 Å². The van der Waals surface area contributed by atoms with Gasteiger partial charge in [-0.25, -0.2) is 13.2 Å². The highest BCUT2D eigenvalue weighted by Gasteiger charge is 2.37. The predicted molar refractivity (Wildman–Crippen MR) is 138 cm³/mol. The normalized spacial score (nSPS) is 13.1. The zero-order valence-electron chi connectivity index (χ0n) is 21.5. The lowest BCUT2D eigenvalue weighted by molar-refractivity contribution is -0.142. The second-order valence-corrected chi connectivity index (χ2v) is 10.8. The molecule has 0 saturated heterocycles. The predicted octanol–water partition coefficient (Wildman–Crippen LogP) is 0.971. The lowest BCUT2D eigenvalue weighted by Gasteiger charge is -2.22. The van der Waals surface area contributed by atoms with Gasteiger partial charge in [0.2, 0.25) is 10.0 Å². The van der Waals surface area contributed by atoms with E-state index >= 15 is 0 Å². The van der Waals surface area contributed by atoms with E-state index in [1.807, 2.05) is 0 Å². The van der Waals surface area contributed by atoms with Crippen molar-refractivity contribution in [2.45, 2.75) is 43.4 Å². The molecule has 0 heterocycles. The Kier molecular flexibility index (Phi) is 10.5. The van der Waals surface area contributed by atoms with E-state index in [0.29, 0.717) is 0 Å². The molecule has 0 aromatic heterocycles. The lowest BCUT2D eigenvalue weighted by Crippen LogP contribution is -2.56. The number of carbonyl (C=O) groups excluding carboxylic acids is 4. The molecule has 0 fully saturated rings. The number of benzene rings is 2. The number of methoxy groups -OCH3 is 1. The van der Waals surface area contributed by atoms with Crippen LogP contribution in [0.5, 0.6) is 0 Å². The number of alkyl carbamates (subject to hydrolysis) is 1. The Balaban J connectivity index is 2.17. The van der Waals surface area contributed by atoms with Crippen molar-refractivity contribution in [3.63, 3.8) is 0 Å². The van der Waals surface area contributed by atoms with Gasteiger partial charge in [0.1, 0.15) is 11.6 Å². The number of sulfonamides is 1. The second-order valence-electron chi connectivity index (χ2n) is 9.06. The number of ketones is 1. The lowest BCUT2D eigenvalue weighted by atomic mass is 9.95. The molecule has 0 aliphatic heterocycles. The SMILES string of the molecule is COC(=O)C(NS(=O)(=O)c1ccccc1)C(N)C(=O)c1ccccc1C(=O)NCCNC(=O)OC(C)(C)C. The highest BCUT2D eigenvalue weighted by molar-refractivity contribution is 7.89.